The number of aliphatic hydroxyl groups is 1. The number of ether oxygens (including phenoxy) is 3. The van der Waals surface area contributed by atoms with Crippen LogP contribution < -0.4 is 15.5 Å². The number of nitrogens with one attached hydrogen (secondary N) is 2. The van der Waals surface area contributed by atoms with Crippen molar-refractivity contribution in [3.8, 4) is 11.1 Å². The van der Waals surface area contributed by atoms with Crippen LogP contribution >= 0.6 is 0 Å². The summed E-state index contributed by atoms with van der Waals surface area (Å²) in [6.07, 6.45) is 3.80. The van der Waals surface area contributed by atoms with Gasteiger partial charge >= 0.3 is 12.0 Å². The molecular formula is C44H48N6O6. The summed E-state index contributed by atoms with van der Waals surface area (Å²) in [4.78, 5) is 38.8. The fraction of sp³-hybridized carbons (Fsp3) is 0.318. The first-order valence-corrected chi connectivity index (χ1v) is 19.0. The molecule has 2 aliphatic rings. The molecule has 3 N–H and O–H groups in total. The molecule has 7 rings (SSSR count). The zero-order chi connectivity index (χ0) is 38.7. The highest BCUT2D eigenvalue weighted by Gasteiger charge is 2.34. The summed E-state index contributed by atoms with van der Waals surface area (Å²) in [6, 6.07) is 34.2. The van der Waals surface area contributed by atoms with Gasteiger partial charge in [-0.3, -0.25) is 4.90 Å². The molecule has 0 bridgehead atoms. The third-order valence-corrected chi connectivity index (χ3v) is 10.3. The molecule has 56 heavy (non-hydrogen) atoms. The Kier molecular flexibility index (Phi) is 13.0. The van der Waals surface area contributed by atoms with Gasteiger partial charge in [-0.1, -0.05) is 97.1 Å². The lowest BCUT2D eigenvalue weighted by atomic mass is 9.99. The zero-order valence-corrected chi connectivity index (χ0v) is 31.5. The van der Waals surface area contributed by atoms with Crippen molar-refractivity contribution in [1.29, 1.82) is 0 Å². The van der Waals surface area contributed by atoms with Crippen molar-refractivity contribution in [3.63, 3.8) is 0 Å². The van der Waals surface area contributed by atoms with Crippen LogP contribution in [0.25, 0.3) is 11.1 Å². The number of carbonyl (C=O) groups excluding carboxylic acids is 2. The zero-order valence-electron chi connectivity index (χ0n) is 31.5. The largest absolute Gasteiger partial charge is 0.467 e. The minimum Gasteiger partial charge on any atom is -0.467 e. The Morgan fingerprint density at radius 1 is 0.804 bits per heavy atom. The number of hydrogen-bond donors (Lipinski definition) is 3. The molecule has 0 radical (unpaired) electrons. The summed E-state index contributed by atoms with van der Waals surface area (Å²) in [5.74, 6) is 0.259. The SMILES string of the molecule is COC(=O)[C@H](Cc1ccccc1)NC(=O)NCc1cccc(-c2ccc([C@H]3O[C@@H](CN4CCN(c5ncccn5)CC4)C[C@@H](c4ccc(CO)cc4)O3)cc2)c1. The van der Waals surface area contributed by atoms with Gasteiger partial charge in [0.1, 0.15) is 6.04 Å². The molecule has 0 spiro atoms. The van der Waals surface area contributed by atoms with Gasteiger partial charge in [-0.15, -0.1) is 0 Å². The van der Waals surface area contributed by atoms with Gasteiger partial charge in [0.05, 0.1) is 25.9 Å². The van der Waals surface area contributed by atoms with Crippen LogP contribution in [-0.2, 0) is 38.6 Å². The van der Waals surface area contributed by atoms with Crippen molar-refractivity contribution in [2.75, 3.05) is 44.7 Å². The molecule has 3 heterocycles. The molecule has 5 aromatic rings. The number of rotatable bonds is 13. The van der Waals surface area contributed by atoms with Gasteiger partial charge in [-0.2, -0.15) is 0 Å². The molecule has 2 amide bonds. The van der Waals surface area contributed by atoms with E-state index < -0.39 is 24.3 Å². The highest BCUT2D eigenvalue weighted by Crippen LogP contribution is 2.39. The van der Waals surface area contributed by atoms with Crippen molar-refractivity contribution in [2.24, 2.45) is 0 Å². The van der Waals surface area contributed by atoms with Crippen LogP contribution in [-0.4, -0.2) is 84.0 Å². The van der Waals surface area contributed by atoms with Gasteiger partial charge in [-0.05, 0) is 45.5 Å². The summed E-state index contributed by atoms with van der Waals surface area (Å²) in [7, 11) is 1.31. The number of anilines is 1. The van der Waals surface area contributed by atoms with Crippen molar-refractivity contribution in [1.82, 2.24) is 25.5 Å². The number of amides is 2. The van der Waals surface area contributed by atoms with E-state index in [-0.39, 0.29) is 25.4 Å². The Morgan fingerprint density at radius 2 is 1.52 bits per heavy atom. The van der Waals surface area contributed by atoms with E-state index >= 15 is 0 Å². The highest BCUT2D eigenvalue weighted by molar-refractivity contribution is 5.83. The molecule has 2 saturated heterocycles. The third-order valence-electron chi connectivity index (χ3n) is 10.3. The van der Waals surface area contributed by atoms with E-state index in [0.717, 1.165) is 77.6 Å². The molecule has 2 aliphatic heterocycles. The van der Waals surface area contributed by atoms with E-state index in [2.05, 4.69) is 42.5 Å². The number of hydrogen-bond acceptors (Lipinski definition) is 10. The van der Waals surface area contributed by atoms with Crippen LogP contribution in [0.1, 0.15) is 46.6 Å². The molecule has 2 fully saturated rings. The maximum atomic E-state index is 12.9. The van der Waals surface area contributed by atoms with E-state index in [1.54, 1.807) is 12.4 Å². The van der Waals surface area contributed by atoms with Gasteiger partial charge in [0, 0.05) is 70.1 Å². The second-order valence-corrected chi connectivity index (χ2v) is 14.1. The number of aromatic nitrogens is 2. The van der Waals surface area contributed by atoms with Crippen LogP contribution in [0.2, 0.25) is 0 Å². The first-order chi connectivity index (χ1) is 27.4. The average molecular weight is 757 g/mol. The van der Waals surface area contributed by atoms with E-state index in [0.29, 0.717) is 12.8 Å². The van der Waals surface area contributed by atoms with Gasteiger partial charge in [0.2, 0.25) is 5.95 Å². The summed E-state index contributed by atoms with van der Waals surface area (Å²) >= 11 is 0. The maximum absolute atomic E-state index is 12.9. The summed E-state index contributed by atoms with van der Waals surface area (Å²) in [6.45, 7) is 4.51. The van der Waals surface area contributed by atoms with Gasteiger partial charge < -0.3 is 34.9 Å². The van der Waals surface area contributed by atoms with Crippen LogP contribution in [0, 0.1) is 0 Å². The summed E-state index contributed by atoms with van der Waals surface area (Å²) in [5.41, 5.74) is 6.68. The summed E-state index contributed by atoms with van der Waals surface area (Å²) < 4.78 is 18.2. The van der Waals surface area contributed by atoms with E-state index in [1.807, 2.05) is 97.1 Å². The number of methoxy groups -OCH3 is 1. The maximum Gasteiger partial charge on any atom is 0.328 e. The van der Waals surface area contributed by atoms with Gasteiger partial charge in [0.25, 0.3) is 0 Å². The standard InChI is InChI=1S/C44H48N6O6/c1-54-41(52)39(26-31-7-3-2-4-8-31)48-44(53)47-28-33-9-5-10-37(25-33)34-15-17-36(18-16-34)42-55-38(27-40(56-42)35-13-11-32(30-51)12-14-35)29-49-21-23-50(24-22-49)43-45-19-6-20-46-43/h2-20,25,38-40,42,51H,21-24,26-30H2,1H3,(H2,47,48,53)/t38-,39+,40+,42+/m1/s1. The lowest BCUT2D eigenvalue weighted by Crippen LogP contribution is -2.50. The first-order valence-electron chi connectivity index (χ1n) is 19.0. The predicted octanol–water partition coefficient (Wildman–Crippen LogP) is 5.59. The molecule has 12 heteroatoms. The summed E-state index contributed by atoms with van der Waals surface area (Å²) in [5, 5.41) is 15.2. The number of benzene rings is 4. The predicted molar refractivity (Wildman–Crippen MR) is 212 cm³/mol. The Bertz CT molecular complexity index is 2010. The number of esters is 1. The van der Waals surface area contributed by atoms with E-state index in [9.17, 15) is 14.7 Å². The first kappa shape index (κ1) is 38.6. The molecule has 12 nitrogen and oxygen atoms in total. The Morgan fingerprint density at radius 3 is 2.23 bits per heavy atom. The van der Waals surface area contributed by atoms with Crippen molar-refractivity contribution in [3.05, 3.63) is 149 Å². The molecule has 4 aromatic carbocycles. The third kappa shape index (κ3) is 10.1. The van der Waals surface area contributed by atoms with Crippen LogP contribution in [0.5, 0.6) is 0 Å². The number of nitrogens with zero attached hydrogens (tertiary/aromatic N) is 4. The fourth-order valence-electron chi connectivity index (χ4n) is 7.18. The Hall–Kier alpha value is -5.66. The Labute approximate surface area is 327 Å². The van der Waals surface area contributed by atoms with Crippen molar-refractivity contribution < 1.29 is 28.9 Å². The normalized spacial score (nSPS) is 19.2. The number of piperazine rings is 1. The van der Waals surface area contributed by atoms with Crippen LogP contribution in [0.3, 0.4) is 0 Å². The molecular weight excluding hydrogens is 709 g/mol. The fourth-order valence-corrected chi connectivity index (χ4v) is 7.18. The molecule has 4 atom stereocenters. The molecule has 0 aliphatic carbocycles. The van der Waals surface area contributed by atoms with Crippen LogP contribution in [0.15, 0.2) is 122 Å². The van der Waals surface area contributed by atoms with E-state index in [1.165, 1.54) is 7.11 Å². The lowest BCUT2D eigenvalue weighted by molar-refractivity contribution is -0.253. The molecule has 0 unspecified atom stereocenters. The van der Waals surface area contributed by atoms with Crippen molar-refractivity contribution in [2.45, 2.75) is 50.5 Å². The second kappa shape index (κ2) is 18.8. The van der Waals surface area contributed by atoms with E-state index in [4.69, 9.17) is 14.2 Å². The topological polar surface area (TPSA) is 138 Å². The average Bonchev–Trinajstić information content (AvgIpc) is 3.26. The molecule has 0 saturated carbocycles. The van der Waals surface area contributed by atoms with Gasteiger partial charge in [0.15, 0.2) is 6.29 Å². The lowest BCUT2D eigenvalue weighted by Gasteiger charge is -2.40. The minimum atomic E-state index is -0.812. The monoisotopic (exact) mass is 756 g/mol. The number of urea groups is 1. The smallest absolute Gasteiger partial charge is 0.328 e. The van der Waals surface area contributed by atoms with Crippen molar-refractivity contribution >= 4 is 17.9 Å². The number of aliphatic hydroxyl groups excluding tert-OH is 1. The second-order valence-electron chi connectivity index (χ2n) is 14.1. The molecule has 290 valence electrons. The quantitative estimate of drug-likeness (QED) is 0.131. The van der Waals surface area contributed by atoms with Gasteiger partial charge in [-0.25, -0.2) is 19.6 Å². The number of carbonyl (C=O) groups is 2. The molecule has 1 aromatic heterocycles. The Balaban J connectivity index is 0.988. The van der Waals surface area contributed by atoms with Crippen LogP contribution in [0.4, 0.5) is 10.7 Å². The minimum absolute atomic E-state index is 0.00603. The highest BCUT2D eigenvalue weighted by atomic mass is 16.7.